The summed E-state index contributed by atoms with van der Waals surface area (Å²) in [6.07, 6.45) is 2.61. The molecule has 35 heavy (non-hydrogen) atoms. The first-order chi connectivity index (χ1) is 16.9. The van der Waals surface area contributed by atoms with Crippen molar-refractivity contribution in [3.8, 4) is 17.2 Å². The molecular weight excluding hydrogens is 444 g/mol. The number of aryl methyl sites for hydroxylation is 1. The third kappa shape index (κ3) is 5.27. The minimum Gasteiger partial charge on any atom is -0.493 e. The highest BCUT2D eigenvalue weighted by molar-refractivity contribution is 5.94. The van der Waals surface area contributed by atoms with E-state index in [0.29, 0.717) is 36.0 Å². The summed E-state index contributed by atoms with van der Waals surface area (Å²) in [6, 6.07) is 14.2. The molecule has 0 aliphatic heterocycles. The van der Waals surface area contributed by atoms with Crippen molar-refractivity contribution in [1.82, 2.24) is 20.0 Å². The highest BCUT2D eigenvalue weighted by Gasteiger charge is 2.29. The van der Waals surface area contributed by atoms with E-state index in [4.69, 9.17) is 14.2 Å². The Morgan fingerprint density at radius 1 is 1.09 bits per heavy atom. The Balaban J connectivity index is 1.47. The lowest BCUT2D eigenvalue weighted by Gasteiger charge is -2.25. The van der Waals surface area contributed by atoms with Crippen LogP contribution in [-0.2, 0) is 33.0 Å². The number of benzene rings is 2. The van der Waals surface area contributed by atoms with E-state index in [9.17, 15) is 4.79 Å². The van der Waals surface area contributed by atoms with E-state index in [2.05, 4.69) is 10.4 Å². The number of nitrogens with one attached hydrogen (secondary N) is 1. The maximum atomic E-state index is 13.3. The summed E-state index contributed by atoms with van der Waals surface area (Å²) in [5.74, 6) is 1.81. The molecule has 1 aromatic heterocycles. The molecule has 2 aromatic carbocycles. The topological polar surface area (TPSA) is 77.9 Å². The van der Waals surface area contributed by atoms with Crippen LogP contribution in [0, 0.1) is 0 Å². The van der Waals surface area contributed by atoms with Gasteiger partial charge in [-0.3, -0.25) is 9.48 Å². The van der Waals surface area contributed by atoms with Crippen molar-refractivity contribution < 1.29 is 19.0 Å². The number of hydrogen-bond acceptors (Lipinski definition) is 6. The molecule has 1 aliphatic carbocycles. The number of carbonyl (C=O) groups excluding carboxylic acids is 1. The Morgan fingerprint density at radius 2 is 1.77 bits per heavy atom. The largest absolute Gasteiger partial charge is 0.493 e. The molecule has 0 unspecified atom stereocenters. The Hall–Kier alpha value is -3.52. The molecule has 0 radical (unpaired) electrons. The third-order valence-electron chi connectivity index (χ3n) is 6.59. The molecule has 1 aliphatic rings. The summed E-state index contributed by atoms with van der Waals surface area (Å²) in [5.41, 5.74) is 4.88. The van der Waals surface area contributed by atoms with Crippen molar-refractivity contribution in [2.24, 2.45) is 7.05 Å². The van der Waals surface area contributed by atoms with Crippen molar-refractivity contribution in [2.75, 3.05) is 28.4 Å². The lowest BCUT2D eigenvalue weighted by molar-refractivity contribution is 0.0777. The molecule has 0 saturated carbocycles. The number of fused-ring (bicyclic) bond motifs is 1. The first kappa shape index (κ1) is 24.6. The van der Waals surface area contributed by atoms with Crippen molar-refractivity contribution >= 4 is 5.91 Å². The summed E-state index contributed by atoms with van der Waals surface area (Å²) in [7, 11) is 8.59. The molecule has 4 rings (SSSR count). The van der Waals surface area contributed by atoms with E-state index in [1.807, 2.05) is 61.2 Å². The molecule has 186 valence electrons. The SMILES string of the molecule is COc1cc(CN[C@@H]2CCc3c(c(C(=O)N(C)Cc4ccccc4)nn3C)C2)cc(OC)c1OC. The average Bonchev–Trinajstić information content (AvgIpc) is 3.22. The maximum absolute atomic E-state index is 13.3. The standard InChI is InChI=1S/C27H34N4O4/c1-30(17-18-9-7-6-8-10-18)27(32)25-21-15-20(11-12-22(21)31(2)29-25)28-16-19-13-23(33-3)26(35-5)24(14-19)34-4/h6-10,13-14,20,28H,11-12,15-17H2,1-5H3/t20-/m1/s1. The van der Waals surface area contributed by atoms with Gasteiger partial charge in [-0.25, -0.2) is 0 Å². The van der Waals surface area contributed by atoms with Gasteiger partial charge in [0.15, 0.2) is 17.2 Å². The van der Waals surface area contributed by atoms with Crippen LogP contribution in [0.4, 0.5) is 0 Å². The number of carbonyl (C=O) groups is 1. The van der Waals surface area contributed by atoms with Crippen LogP contribution in [0.1, 0.15) is 39.3 Å². The second-order valence-corrected chi connectivity index (χ2v) is 8.90. The molecule has 1 heterocycles. The Labute approximate surface area is 206 Å². The Bertz CT molecular complexity index is 1150. The lowest BCUT2D eigenvalue weighted by Crippen LogP contribution is -2.35. The van der Waals surface area contributed by atoms with Gasteiger partial charge in [-0.05, 0) is 42.5 Å². The number of hydrogen-bond donors (Lipinski definition) is 1. The van der Waals surface area contributed by atoms with Gasteiger partial charge in [0.1, 0.15) is 0 Å². The second-order valence-electron chi connectivity index (χ2n) is 8.90. The molecule has 0 fully saturated rings. The quantitative estimate of drug-likeness (QED) is 0.508. The highest BCUT2D eigenvalue weighted by Crippen LogP contribution is 2.38. The number of nitrogens with zero attached hydrogens (tertiary/aromatic N) is 3. The lowest BCUT2D eigenvalue weighted by atomic mass is 9.91. The van der Waals surface area contributed by atoms with E-state index in [-0.39, 0.29) is 11.9 Å². The number of rotatable bonds is 9. The fourth-order valence-electron chi connectivity index (χ4n) is 4.74. The number of methoxy groups -OCH3 is 3. The van der Waals surface area contributed by atoms with Crippen LogP contribution in [0.3, 0.4) is 0 Å². The molecular formula is C27H34N4O4. The number of aromatic nitrogens is 2. The number of ether oxygens (including phenoxy) is 3. The predicted octanol–water partition coefficient (Wildman–Crippen LogP) is 3.37. The zero-order valence-corrected chi connectivity index (χ0v) is 21.1. The van der Waals surface area contributed by atoms with Crippen molar-refractivity contribution in [3.05, 3.63) is 70.5 Å². The van der Waals surface area contributed by atoms with Gasteiger partial charge >= 0.3 is 0 Å². The van der Waals surface area contributed by atoms with Gasteiger partial charge < -0.3 is 24.4 Å². The summed E-state index contributed by atoms with van der Waals surface area (Å²) >= 11 is 0. The van der Waals surface area contributed by atoms with Crippen LogP contribution in [-0.4, -0.2) is 55.0 Å². The summed E-state index contributed by atoms with van der Waals surface area (Å²) in [4.78, 5) is 15.1. The van der Waals surface area contributed by atoms with Gasteiger partial charge in [0.2, 0.25) is 5.75 Å². The van der Waals surface area contributed by atoms with E-state index < -0.39 is 0 Å². The van der Waals surface area contributed by atoms with Crippen LogP contribution in [0.2, 0.25) is 0 Å². The van der Waals surface area contributed by atoms with E-state index in [1.54, 1.807) is 26.2 Å². The van der Waals surface area contributed by atoms with Crippen LogP contribution in [0.5, 0.6) is 17.2 Å². The first-order valence-corrected chi connectivity index (χ1v) is 11.8. The predicted molar refractivity (Wildman–Crippen MR) is 134 cm³/mol. The van der Waals surface area contributed by atoms with Gasteiger partial charge in [0.05, 0.1) is 21.3 Å². The number of amides is 1. The average molecular weight is 479 g/mol. The zero-order chi connectivity index (χ0) is 24.9. The highest BCUT2D eigenvalue weighted by atomic mass is 16.5. The van der Waals surface area contributed by atoms with Crippen molar-refractivity contribution in [3.63, 3.8) is 0 Å². The zero-order valence-electron chi connectivity index (χ0n) is 21.1. The second kappa shape index (κ2) is 10.8. The molecule has 0 spiro atoms. The summed E-state index contributed by atoms with van der Waals surface area (Å²) in [6.45, 7) is 1.20. The van der Waals surface area contributed by atoms with Crippen LogP contribution in [0.25, 0.3) is 0 Å². The van der Waals surface area contributed by atoms with E-state index in [0.717, 1.165) is 41.6 Å². The fraction of sp³-hybridized carbons (Fsp3) is 0.407. The van der Waals surface area contributed by atoms with Crippen molar-refractivity contribution in [2.45, 2.75) is 38.4 Å². The molecule has 3 aromatic rings. The Kier molecular flexibility index (Phi) is 7.60. The molecule has 0 saturated heterocycles. The fourth-order valence-corrected chi connectivity index (χ4v) is 4.74. The van der Waals surface area contributed by atoms with Gasteiger partial charge in [0.25, 0.3) is 5.91 Å². The van der Waals surface area contributed by atoms with Gasteiger partial charge in [-0.1, -0.05) is 30.3 Å². The molecule has 1 amide bonds. The minimum absolute atomic E-state index is 0.0454. The van der Waals surface area contributed by atoms with Crippen LogP contribution >= 0.6 is 0 Å². The molecule has 1 atom stereocenters. The summed E-state index contributed by atoms with van der Waals surface area (Å²) in [5, 5.41) is 8.27. The van der Waals surface area contributed by atoms with Gasteiger partial charge in [-0.15, -0.1) is 0 Å². The molecule has 1 N–H and O–H groups in total. The maximum Gasteiger partial charge on any atom is 0.274 e. The normalized spacial score (nSPS) is 14.8. The Morgan fingerprint density at radius 3 is 2.40 bits per heavy atom. The molecule has 0 bridgehead atoms. The monoisotopic (exact) mass is 478 g/mol. The van der Waals surface area contributed by atoms with Gasteiger partial charge in [0, 0.05) is 44.5 Å². The van der Waals surface area contributed by atoms with Crippen LogP contribution in [0.15, 0.2) is 42.5 Å². The molecule has 8 heteroatoms. The van der Waals surface area contributed by atoms with Crippen LogP contribution < -0.4 is 19.5 Å². The smallest absolute Gasteiger partial charge is 0.274 e. The first-order valence-electron chi connectivity index (χ1n) is 11.8. The van der Waals surface area contributed by atoms with E-state index >= 15 is 0 Å². The minimum atomic E-state index is -0.0454. The van der Waals surface area contributed by atoms with Crippen molar-refractivity contribution in [1.29, 1.82) is 0 Å². The van der Waals surface area contributed by atoms with Gasteiger partial charge in [-0.2, -0.15) is 5.10 Å². The third-order valence-corrected chi connectivity index (χ3v) is 6.59. The molecule has 8 nitrogen and oxygen atoms in total. The summed E-state index contributed by atoms with van der Waals surface area (Å²) < 4.78 is 18.3. The van der Waals surface area contributed by atoms with E-state index in [1.165, 1.54) is 0 Å².